The van der Waals surface area contributed by atoms with Crippen molar-refractivity contribution in [2.75, 3.05) is 20.1 Å². The summed E-state index contributed by atoms with van der Waals surface area (Å²) < 4.78 is 0. The highest BCUT2D eigenvalue weighted by atomic mass is 35.5. The van der Waals surface area contributed by atoms with Crippen LogP contribution in [0.3, 0.4) is 0 Å². The van der Waals surface area contributed by atoms with E-state index in [0.717, 1.165) is 30.2 Å². The molecular weight excluding hydrogens is 267 g/mol. The molecule has 1 aliphatic heterocycles. The van der Waals surface area contributed by atoms with Gasteiger partial charge in [-0.2, -0.15) is 0 Å². The molecule has 1 atom stereocenters. The van der Waals surface area contributed by atoms with Gasteiger partial charge in [-0.1, -0.05) is 29.3 Å². The maximum Gasteiger partial charge on any atom is 0.0465 e. The molecule has 1 heterocycles. The van der Waals surface area contributed by atoms with E-state index < -0.39 is 0 Å². The van der Waals surface area contributed by atoms with Crippen molar-refractivity contribution in [1.29, 1.82) is 0 Å². The van der Waals surface area contributed by atoms with Crippen molar-refractivity contribution < 1.29 is 0 Å². The first kappa shape index (κ1) is 14.1. The van der Waals surface area contributed by atoms with E-state index in [4.69, 9.17) is 23.2 Å². The van der Waals surface area contributed by atoms with E-state index in [1.807, 2.05) is 18.2 Å². The Morgan fingerprint density at radius 3 is 2.89 bits per heavy atom. The Labute approximate surface area is 119 Å². The third kappa shape index (κ3) is 3.86. The fraction of sp³-hybridized carbons (Fsp3) is 0.571. The summed E-state index contributed by atoms with van der Waals surface area (Å²) in [6.45, 7) is 3.15. The Balaban J connectivity index is 1.98. The van der Waals surface area contributed by atoms with Crippen LogP contribution in [-0.2, 0) is 6.54 Å². The average Bonchev–Trinajstić information content (AvgIpc) is 2.61. The molecule has 100 valence electrons. The Kier molecular flexibility index (Phi) is 5.31. The largest absolute Gasteiger partial charge is 0.317 e. The topological polar surface area (TPSA) is 15.3 Å². The van der Waals surface area contributed by atoms with E-state index in [0.29, 0.717) is 11.1 Å². The normalized spacial score (nSPS) is 21.0. The van der Waals surface area contributed by atoms with Gasteiger partial charge in [0.05, 0.1) is 0 Å². The summed E-state index contributed by atoms with van der Waals surface area (Å²) in [6.07, 6.45) is 3.72. The molecule has 1 aromatic rings. The molecule has 0 aliphatic carbocycles. The number of nitrogens with zero attached hydrogens (tertiary/aromatic N) is 1. The third-order valence-electron chi connectivity index (χ3n) is 3.60. The maximum atomic E-state index is 6.22. The molecule has 0 bridgehead atoms. The monoisotopic (exact) mass is 286 g/mol. The maximum absolute atomic E-state index is 6.22. The van der Waals surface area contributed by atoms with Gasteiger partial charge >= 0.3 is 0 Å². The number of hydrogen-bond donors (Lipinski definition) is 1. The van der Waals surface area contributed by atoms with Crippen LogP contribution in [0.4, 0.5) is 0 Å². The van der Waals surface area contributed by atoms with Crippen molar-refractivity contribution in [2.45, 2.75) is 31.8 Å². The molecule has 0 saturated carbocycles. The zero-order valence-corrected chi connectivity index (χ0v) is 12.3. The number of benzene rings is 1. The summed E-state index contributed by atoms with van der Waals surface area (Å²) >= 11 is 12.1. The van der Waals surface area contributed by atoms with Gasteiger partial charge in [-0.25, -0.2) is 0 Å². The molecule has 1 saturated heterocycles. The van der Waals surface area contributed by atoms with Gasteiger partial charge in [0.25, 0.3) is 0 Å². The Morgan fingerprint density at radius 2 is 2.11 bits per heavy atom. The highest BCUT2D eigenvalue weighted by Gasteiger charge is 2.17. The summed E-state index contributed by atoms with van der Waals surface area (Å²) in [6, 6.07) is 6.40. The van der Waals surface area contributed by atoms with Crippen molar-refractivity contribution in [3.8, 4) is 0 Å². The molecule has 2 nitrogen and oxygen atoms in total. The van der Waals surface area contributed by atoms with E-state index >= 15 is 0 Å². The SMILES string of the molecule is CN(Cc1ccc(Cl)cc1Cl)C1CCCNCC1. The van der Waals surface area contributed by atoms with Gasteiger partial charge in [0.2, 0.25) is 0 Å². The second-order valence-electron chi connectivity index (χ2n) is 4.99. The van der Waals surface area contributed by atoms with Gasteiger partial charge in [-0.15, -0.1) is 0 Å². The molecule has 0 radical (unpaired) electrons. The van der Waals surface area contributed by atoms with Gasteiger partial charge in [0.1, 0.15) is 0 Å². The Morgan fingerprint density at radius 1 is 1.28 bits per heavy atom. The number of nitrogens with one attached hydrogen (secondary N) is 1. The van der Waals surface area contributed by atoms with Gasteiger partial charge in [-0.05, 0) is 57.1 Å². The molecule has 1 N–H and O–H groups in total. The van der Waals surface area contributed by atoms with Gasteiger partial charge in [-0.3, -0.25) is 4.90 Å². The summed E-state index contributed by atoms with van der Waals surface area (Å²) in [4.78, 5) is 2.40. The highest BCUT2D eigenvalue weighted by molar-refractivity contribution is 6.35. The number of hydrogen-bond acceptors (Lipinski definition) is 2. The minimum absolute atomic E-state index is 0.645. The van der Waals surface area contributed by atoms with Gasteiger partial charge < -0.3 is 5.32 Å². The smallest absolute Gasteiger partial charge is 0.0465 e. The van der Waals surface area contributed by atoms with Crippen LogP contribution in [0.1, 0.15) is 24.8 Å². The van der Waals surface area contributed by atoms with Crippen LogP contribution >= 0.6 is 23.2 Å². The number of halogens is 2. The highest BCUT2D eigenvalue weighted by Crippen LogP contribution is 2.23. The predicted molar refractivity (Wildman–Crippen MR) is 78.4 cm³/mol. The lowest BCUT2D eigenvalue weighted by Gasteiger charge is -2.27. The van der Waals surface area contributed by atoms with Crippen LogP contribution < -0.4 is 5.32 Å². The molecule has 1 unspecified atom stereocenters. The van der Waals surface area contributed by atoms with Crippen LogP contribution in [0.25, 0.3) is 0 Å². The molecule has 1 aromatic carbocycles. The molecule has 1 aliphatic rings. The standard InChI is InChI=1S/C14H20Cl2N2/c1-18(13-3-2-7-17-8-6-13)10-11-4-5-12(15)9-14(11)16/h4-5,9,13,17H,2-3,6-8,10H2,1H3. The summed E-state index contributed by atoms with van der Waals surface area (Å²) in [5.41, 5.74) is 1.15. The fourth-order valence-corrected chi connectivity index (χ4v) is 2.96. The Bertz CT molecular complexity index is 387. The molecule has 0 spiro atoms. The van der Waals surface area contributed by atoms with E-state index in [-0.39, 0.29) is 0 Å². The lowest BCUT2D eigenvalue weighted by Crippen LogP contribution is -2.32. The quantitative estimate of drug-likeness (QED) is 0.914. The van der Waals surface area contributed by atoms with Crippen molar-refractivity contribution >= 4 is 23.2 Å². The lowest BCUT2D eigenvalue weighted by molar-refractivity contribution is 0.216. The summed E-state index contributed by atoms with van der Waals surface area (Å²) in [5, 5.41) is 4.91. The zero-order valence-electron chi connectivity index (χ0n) is 10.8. The first-order valence-corrected chi connectivity index (χ1v) is 7.27. The van der Waals surface area contributed by atoms with Crippen LogP contribution in [0.15, 0.2) is 18.2 Å². The molecule has 18 heavy (non-hydrogen) atoms. The van der Waals surface area contributed by atoms with Crippen molar-refractivity contribution in [3.63, 3.8) is 0 Å². The number of rotatable bonds is 3. The van der Waals surface area contributed by atoms with E-state index in [2.05, 4.69) is 17.3 Å². The second-order valence-corrected chi connectivity index (χ2v) is 5.83. The second kappa shape index (κ2) is 6.76. The summed E-state index contributed by atoms with van der Waals surface area (Å²) in [5.74, 6) is 0. The van der Waals surface area contributed by atoms with Gasteiger partial charge in [0, 0.05) is 22.6 Å². The molecule has 4 heteroatoms. The summed E-state index contributed by atoms with van der Waals surface area (Å²) in [7, 11) is 2.18. The molecular formula is C14H20Cl2N2. The van der Waals surface area contributed by atoms with Crippen LogP contribution in [0, 0.1) is 0 Å². The molecule has 1 fully saturated rings. The van der Waals surface area contributed by atoms with E-state index in [9.17, 15) is 0 Å². The zero-order chi connectivity index (χ0) is 13.0. The molecule has 0 amide bonds. The van der Waals surface area contributed by atoms with Crippen LogP contribution in [0.5, 0.6) is 0 Å². The first-order valence-electron chi connectivity index (χ1n) is 6.51. The predicted octanol–water partition coefficient (Wildman–Crippen LogP) is 3.57. The van der Waals surface area contributed by atoms with Crippen LogP contribution in [-0.4, -0.2) is 31.1 Å². The lowest BCUT2D eigenvalue weighted by atomic mass is 10.1. The van der Waals surface area contributed by atoms with Crippen molar-refractivity contribution in [3.05, 3.63) is 33.8 Å². The minimum Gasteiger partial charge on any atom is -0.317 e. The first-order chi connectivity index (χ1) is 8.66. The van der Waals surface area contributed by atoms with E-state index in [1.165, 1.54) is 19.3 Å². The average molecular weight is 287 g/mol. The fourth-order valence-electron chi connectivity index (χ4n) is 2.49. The third-order valence-corrected chi connectivity index (χ3v) is 4.19. The van der Waals surface area contributed by atoms with Crippen LogP contribution in [0.2, 0.25) is 10.0 Å². The minimum atomic E-state index is 0.645. The van der Waals surface area contributed by atoms with Gasteiger partial charge in [0.15, 0.2) is 0 Å². The van der Waals surface area contributed by atoms with Crippen molar-refractivity contribution in [1.82, 2.24) is 10.2 Å². The molecule has 0 aromatic heterocycles. The molecule has 2 rings (SSSR count). The Hall–Kier alpha value is -0.280. The van der Waals surface area contributed by atoms with Crippen molar-refractivity contribution in [2.24, 2.45) is 0 Å². The van der Waals surface area contributed by atoms with E-state index in [1.54, 1.807) is 0 Å².